The zero-order chi connectivity index (χ0) is 20.7. The summed E-state index contributed by atoms with van der Waals surface area (Å²) in [5, 5.41) is 0. The van der Waals surface area contributed by atoms with Crippen LogP contribution in [0.1, 0.15) is 36.1 Å². The average Bonchev–Trinajstić information content (AvgIpc) is 3.32. The molecule has 4 heteroatoms. The zero-order valence-corrected chi connectivity index (χ0v) is 16.9. The summed E-state index contributed by atoms with van der Waals surface area (Å²) in [5.74, 6) is -0.788. The monoisotopic (exact) mass is 397 g/mol. The van der Waals surface area contributed by atoms with Gasteiger partial charge in [0, 0.05) is 29.8 Å². The number of carbonyl (C=O) groups is 2. The van der Waals surface area contributed by atoms with Gasteiger partial charge in [-0.05, 0) is 29.2 Å². The fraction of sp³-hybridized carbons (Fsp3) is 0.231. The van der Waals surface area contributed by atoms with Crippen LogP contribution in [-0.4, -0.2) is 18.4 Å². The van der Waals surface area contributed by atoms with Gasteiger partial charge in [0.15, 0.2) is 6.10 Å². The summed E-state index contributed by atoms with van der Waals surface area (Å²) < 4.78 is 6.02. The van der Waals surface area contributed by atoms with Crippen molar-refractivity contribution in [1.29, 1.82) is 0 Å². The van der Waals surface area contributed by atoms with Crippen LogP contribution in [0.3, 0.4) is 0 Å². The van der Waals surface area contributed by atoms with Crippen molar-refractivity contribution in [1.82, 2.24) is 0 Å². The van der Waals surface area contributed by atoms with Gasteiger partial charge in [0.1, 0.15) is 0 Å². The molecule has 5 rings (SSSR count). The van der Waals surface area contributed by atoms with Crippen LogP contribution in [-0.2, 0) is 20.7 Å². The number of aryl methyl sites for hydroxylation is 1. The maximum absolute atomic E-state index is 13.1. The molecule has 0 radical (unpaired) electrons. The minimum atomic E-state index is -0.456. The quantitative estimate of drug-likeness (QED) is 0.588. The first kappa shape index (κ1) is 18.6. The van der Waals surface area contributed by atoms with Crippen LogP contribution >= 0.6 is 0 Å². The number of esters is 1. The Bertz CT molecular complexity index is 1090. The number of carbonyl (C=O) groups excluding carboxylic acids is 2. The smallest absolute Gasteiger partial charge is 0.312 e. The van der Waals surface area contributed by atoms with Gasteiger partial charge in [0.25, 0.3) is 0 Å². The molecule has 0 saturated carbocycles. The van der Waals surface area contributed by atoms with Crippen molar-refractivity contribution in [2.75, 3.05) is 11.4 Å². The minimum Gasteiger partial charge on any atom is -0.452 e. The van der Waals surface area contributed by atoms with Gasteiger partial charge in [-0.2, -0.15) is 0 Å². The van der Waals surface area contributed by atoms with E-state index < -0.39 is 12.0 Å². The van der Waals surface area contributed by atoms with Crippen molar-refractivity contribution in [3.05, 3.63) is 89.5 Å². The molecule has 1 atom stereocenters. The molecule has 2 aliphatic rings. The first-order valence-corrected chi connectivity index (χ1v) is 10.4. The van der Waals surface area contributed by atoms with Crippen LogP contribution in [0.4, 0.5) is 5.69 Å². The molecule has 0 N–H and O–H groups in total. The fourth-order valence-corrected chi connectivity index (χ4v) is 4.62. The van der Waals surface area contributed by atoms with Crippen molar-refractivity contribution in [2.45, 2.75) is 25.9 Å². The van der Waals surface area contributed by atoms with Crippen molar-refractivity contribution in [2.24, 2.45) is 5.92 Å². The first-order chi connectivity index (χ1) is 14.7. The lowest BCUT2D eigenvalue weighted by Gasteiger charge is -2.20. The molecule has 30 heavy (non-hydrogen) atoms. The van der Waals surface area contributed by atoms with E-state index >= 15 is 0 Å². The van der Waals surface area contributed by atoms with Gasteiger partial charge in [-0.25, -0.2) is 0 Å². The molecule has 1 amide bonds. The Labute approximate surface area is 176 Å². The summed E-state index contributed by atoms with van der Waals surface area (Å²) in [6, 6.07) is 24.0. The maximum Gasteiger partial charge on any atom is 0.312 e. The van der Waals surface area contributed by atoms with Gasteiger partial charge in [-0.15, -0.1) is 0 Å². The second-order valence-electron chi connectivity index (χ2n) is 7.88. The lowest BCUT2D eigenvalue weighted by atomic mass is 10.1. The normalized spacial score (nSPS) is 17.7. The Hall–Kier alpha value is -3.40. The SMILES string of the molecule is CCc1ccccc1N1C[C@H](C(=O)OC2c3ccccc3-c3ccccc32)CC1=O. The van der Waals surface area contributed by atoms with E-state index in [1.54, 1.807) is 4.90 Å². The van der Waals surface area contributed by atoms with E-state index in [4.69, 9.17) is 4.74 Å². The topological polar surface area (TPSA) is 46.6 Å². The highest BCUT2D eigenvalue weighted by Gasteiger charge is 2.39. The Morgan fingerprint density at radius 2 is 1.53 bits per heavy atom. The first-order valence-electron chi connectivity index (χ1n) is 10.4. The van der Waals surface area contributed by atoms with Crippen LogP contribution in [0.25, 0.3) is 11.1 Å². The van der Waals surface area contributed by atoms with Gasteiger partial charge in [0.2, 0.25) is 5.91 Å². The van der Waals surface area contributed by atoms with Crippen LogP contribution in [0.15, 0.2) is 72.8 Å². The third kappa shape index (κ3) is 3.00. The van der Waals surface area contributed by atoms with Crippen molar-refractivity contribution in [3.8, 4) is 11.1 Å². The number of hydrogen-bond donors (Lipinski definition) is 0. The van der Waals surface area contributed by atoms with Gasteiger partial charge in [0.05, 0.1) is 5.92 Å². The molecule has 0 aromatic heterocycles. The fourth-order valence-electron chi connectivity index (χ4n) is 4.62. The summed E-state index contributed by atoms with van der Waals surface area (Å²) in [6.45, 7) is 2.44. The molecular weight excluding hydrogens is 374 g/mol. The number of nitrogens with zero attached hydrogens (tertiary/aromatic N) is 1. The number of rotatable bonds is 4. The second kappa shape index (κ2) is 7.45. The molecule has 1 heterocycles. The number of ether oxygens (including phenoxy) is 1. The van der Waals surface area contributed by atoms with E-state index in [1.807, 2.05) is 60.7 Å². The highest BCUT2D eigenvalue weighted by Crippen LogP contribution is 2.45. The summed E-state index contributed by atoms with van der Waals surface area (Å²) in [6.07, 6.45) is 0.606. The number of para-hydroxylation sites is 1. The molecular formula is C26H23NO3. The van der Waals surface area contributed by atoms with E-state index in [-0.39, 0.29) is 18.3 Å². The summed E-state index contributed by atoms with van der Waals surface area (Å²) >= 11 is 0. The van der Waals surface area contributed by atoms with Gasteiger partial charge in [-0.1, -0.05) is 73.7 Å². The predicted octanol–water partition coefficient (Wildman–Crippen LogP) is 4.92. The van der Waals surface area contributed by atoms with Crippen molar-refractivity contribution < 1.29 is 14.3 Å². The molecule has 1 saturated heterocycles. The number of hydrogen-bond acceptors (Lipinski definition) is 3. The van der Waals surface area contributed by atoms with Crippen LogP contribution in [0.2, 0.25) is 0 Å². The number of fused-ring (bicyclic) bond motifs is 3. The maximum atomic E-state index is 13.1. The lowest BCUT2D eigenvalue weighted by Crippen LogP contribution is -2.27. The molecule has 1 fully saturated rings. The molecule has 3 aromatic carbocycles. The van der Waals surface area contributed by atoms with Gasteiger partial charge < -0.3 is 9.64 Å². The molecule has 150 valence electrons. The van der Waals surface area contributed by atoms with Gasteiger partial charge >= 0.3 is 5.97 Å². The second-order valence-corrected chi connectivity index (χ2v) is 7.88. The average molecular weight is 397 g/mol. The summed E-state index contributed by atoms with van der Waals surface area (Å²) in [7, 11) is 0. The van der Waals surface area contributed by atoms with E-state index in [0.717, 1.165) is 39.9 Å². The van der Waals surface area contributed by atoms with E-state index in [1.165, 1.54) is 0 Å². The Morgan fingerprint density at radius 3 is 2.20 bits per heavy atom. The third-order valence-corrected chi connectivity index (χ3v) is 6.13. The van der Waals surface area contributed by atoms with Crippen molar-refractivity contribution in [3.63, 3.8) is 0 Å². The number of anilines is 1. The number of benzene rings is 3. The minimum absolute atomic E-state index is 0.0231. The Kier molecular flexibility index (Phi) is 4.62. The molecule has 0 spiro atoms. The van der Waals surface area contributed by atoms with Gasteiger partial charge in [-0.3, -0.25) is 9.59 Å². The van der Waals surface area contributed by atoms with E-state index in [9.17, 15) is 9.59 Å². The molecule has 1 aliphatic carbocycles. The predicted molar refractivity (Wildman–Crippen MR) is 116 cm³/mol. The molecule has 0 unspecified atom stereocenters. The Morgan fingerprint density at radius 1 is 0.933 bits per heavy atom. The largest absolute Gasteiger partial charge is 0.452 e. The third-order valence-electron chi connectivity index (χ3n) is 6.13. The van der Waals surface area contributed by atoms with Crippen molar-refractivity contribution >= 4 is 17.6 Å². The van der Waals surface area contributed by atoms with Crippen LogP contribution in [0, 0.1) is 5.92 Å². The summed E-state index contributed by atoms with van der Waals surface area (Å²) in [5.41, 5.74) is 6.23. The van der Waals surface area contributed by atoms with E-state index in [2.05, 4.69) is 19.1 Å². The molecule has 3 aromatic rings. The highest BCUT2D eigenvalue weighted by molar-refractivity contribution is 6.00. The molecule has 1 aliphatic heterocycles. The standard InChI is InChI=1S/C26H23NO3/c1-2-17-9-3-8-14-23(17)27-16-18(15-24(27)28)26(29)30-25-21-12-6-4-10-19(21)20-11-5-7-13-22(20)25/h3-14,18,25H,2,15-16H2,1H3/t18-/m1/s1. The summed E-state index contributed by atoms with van der Waals surface area (Å²) in [4.78, 5) is 27.5. The lowest BCUT2D eigenvalue weighted by molar-refractivity contribution is -0.152. The molecule has 0 bridgehead atoms. The highest BCUT2D eigenvalue weighted by atomic mass is 16.5. The van der Waals surface area contributed by atoms with Crippen LogP contribution < -0.4 is 4.90 Å². The number of amides is 1. The van der Waals surface area contributed by atoms with Crippen LogP contribution in [0.5, 0.6) is 0 Å². The Balaban J connectivity index is 1.39. The molecule has 4 nitrogen and oxygen atoms in total. The van der Waals surface area contributed by atoms with E-state index in [0.29, 0.717) is 6.54 Å². The zero-order valence-electron chi connectivity index (χ0n) is 16.9.